The van der Waals surface area contributed by atoms with Gasteiger partial charge in [-0.2, -0.15) is 4.98 Å². The number of nitrogens with two attached hydrogens (primary N) is 1. The summed E-state index contributed by atoms with van der Waals surface area (Å²) in [4.78, 5) is 10.3. The molecule has 2 heterocycles. The van der Waals surface area contributed by atoms with Gasteiger partial charge in [0.2, 0.25) is 5.89 Å². The highest BCUT2D eigenvalue weighted by molar-refractivity contribution is 5.78. The number of ether oxygens (including phenoxy) is 1. The van der Waals surface area contributed by atoms with E-state index in [1.54, 1.807) is 6.92 Å². The van der Waals surface area contributed by atoms with Crippen molar-refractivity contribution in [2.75, 3.05) is 19.7 Å². The fourth-order valence-electron chi connectivity index (χ4n) is 1.68. The molecule has 17 heavy (non-hydrogen) atoms. The van der Waals surface area contributed by atoms with Crippen molar-refractivity contribution in [2.45, 2.75) is 26.5 Å². The summed E-state index contributed by atoms with van der Waals surface area (Å²) in [6.07, 6.45) is 0.183. The average Bonchev–Trinajstić information content (AvgIpc) is 2.72. The second-order valence-corrected chi connectivity index (χ2v) is 4.04. The summed E-state index contributed by atoms with van der Waals surface area (Å²) >= 11 is 0. The Morgan fingerprint density at radius 1 is 1.65 bits per heavy atom. The van der Waals surface area contributed by atoms with Crippen LogP contribution in [0.25, 0.3) is 0 Å². The van der Waals surface area contributed by atoms with Gasteiger partial charge in [-0.05, 0) is 13.8 Å². The Balaban J connectivity index is 1.92. The zero-order valence-electron chi connectivity index (χ0n) is 10.1. The first-order valence-electron chi connectivity index (χ1n) is 5.61. The molecule has 0 aliphatic carbocycles. The fourth-order valence-corrected chi connectivity index (χ4v) is 1.68. The van der Waals surface area contributed by atoms with E-state index in [4.69, 9.17) is 15.0 Å². The maximum atomic E-state index is 5.90. The maximum Gasteiger partial charge on any atom is 0.248 e. The third kappa shape index (κ3) is 3.16. The molecule has 94 valence electrons. The van der Waals surface area contributed by atoms with Crippen LogP contribution in [0.15, 0.2) is 9.52 Å². The topological polar surface area (TPSA) is 89.8 Å². The first-order chi connectivity index (χ1) is 8.15. The monoisotopic (exact) mass is 239 g/mol. The van der Waals surface area contributed by atoms with E-state index in [1.165, 1.54) is 0 Å². The standard InChI is InChI=1S/C10H17N5O2/c1-7-6-15(3-4-16-7)10(11)12-5-9-13-8(2)14-17-9/h7H,3-6H2,1-2H3,(H2,11,12). The Kier molecular flexibility index (Phi) is 3.58. The number of morpholine rings is 1. The van der Waals surface area contributed by atoms with E-state index in [0.717, 1.165) is 13.1 Å². The number of aryl methyl sites for hydroxylation is 1. The zero-order chi connectivity index (χ0) is 12.3. The Bertz CT molecular complexity index is 403. The van der Waals surface area contributed by atoms with Crippen LogP contribution in [-0.2, 0) is 11.3 Å². The molecular weight excluding hydrogens is 222 g/mol. The number of hydrogen-bond donors (Lipinski definition) is 1. The third-order valence-corrected chi connectivity index (χ3v) is 2.51. The average molecular weight is 239 g/mol. The number of guanidine groups is 1. The molecule has 0 saturated carbocycles. The van der Waals surface area contributed by atoms with Crippen LogP contribution < -0.4 is 5.73 Å². The predicted octanol–water partition coefficient (Wildman–Crippen LogP) is -0.0866. The summed E-state index contributed by atoms with van der Waals surface area (Å²) in [5, 5.41) is 3.69. The molecule has 1 atom stereocenters. The number of hydrogen-bond acceptors (Lipinski definition) is 5. The van der Waals surface area contributed by atoms with E-state index in [-0.39, 0.29) is 6.10 Å². The molecule has 7 nitrogen and oxygen atoms in total. The molecule has 0 radical (unpaired) electrons. The molecule has 1 fully saturated rings. The van der Waals surface area contributed by atoms with E-state index >= 15 is 0 Å². The van der Waals surface area contributed by atoms with Crippen molar-refractivity contribution in [3.8, 4) is 0 Å². The molecule has 0 aromatic carbocycles. The predicted molar refractivity (Wildman–Crippen MR) is 61.3 cm³/mol. The van der Waals surface area contributed by atoms with Gasteiger partial charge >= 0.3 is 0 Å². The van der Waals surface area contributed by atoms with Gasteiger partial charge in [0.25, 0.3) is 0 Å². The zero-order valence-corrected chi connectivity index (χ0v) is 10.1. The van der Waals surface area contributed by atoms with Gasteiger partial charge in [0.05, 0.1) is 12.7 Å². The van der Waals surface area contributed by atoms with Crippen LogP contribution in [-0.4, -0.2) is 46.8 Å². The van der Waals surface area contributed by atoms with Crippen LogP contribution in [0.2, 0.25) is 0 Å². The van der Waals surface area contributed by atoms with Crippen molar-refractivity contribution >= 4 is 5.96 Å². The fraction of sp³-hybridized carbons (Fsp3) is 0.700. The number of nitrogens with zero attached hydrogens (tertiary/aromatic N) is 4. The normalized spacial score (nSPS) is 21.9. The highest BCUT2D eigenvalue weighted by Crippen LogP contribution is 2.04. The van der Waals surface area contributed by atoms with E-state index in [1.807, 2.05) is 11.8 Å². The van der Waals surface area contributed by atoms with E-state index < -0.39 is 0 Å². The summed E-state index contributed by atoms with van der Waals surface area (Å²) in [5.41, 5.74) is 5.90. The van der Waals surface area contributed by atoms with E-state index in [2.05, 4.69) is 15.1 Å². The van der Waals surface area contributed by atoms with Gasteiger partial charge in [-0.25, -0.2) is 4.99 Å². The van der Waals surface area contributed by atoms with Crippen molar-refractivity contribution < 1.29 is 9.26 Å². The summed E-state index contributed by atoms with van der Waals surface area (Å²) < 4.78 is 10.4. The second kappa shape index (κ2) is 5.13. The van der Waals surface area contributed by atoms with Crippen molar-refractivity contribution in [1.29, 1.82) is 0 Å². The SMILES string of the molecule is Cc1noc(CN=C(N)N2CCOC(C)C2)n1. The number of aromatic nitrogens is 2. The Morgan fingerprint density at radius 3 is 3.12 bits per heavy atom. The molecule has 1 aromatic rings. The summed E-state index contributed by atoms with van der Waals surface area (Å²) in [5.74, 6) is 1.58. The van der Waals surface area contributed by atoms with Gasteiger partial charge in [-0.3, -0.25) is 0 Å². The largest absolute Gasteiger partial charge is 0.375 e. The molecule has 0 amide bonds. The van der Waals surface area contributed by atoms with Gasteiger partial charge in [0, 0.05) is 13.1 Å². The van der Waals surface area contributed by atoms with Crippen molar-refractivity contribution in [1.82, 2.24) is 15.0 Å². The molecule has 0 bridgehead atoms. The third-order valence-electron chi connectivity index (χ3n) is 2.51. The molecule has 0 spiro atoms. The van der Waals surface area contributed by atoms with Gasteiger partial charge in [-0.15, -0.1) is 0 Å². The molecule has 1 aliphatic rings. The Hall–Kier alpha value is -1.63. The lowest BCUT2D eigenvalue weighted by Gasteiger charge is -2.31. The summed E-state index contributed by atoms with van der Waals surface area (Å²) in [7, 11) is 0. The minimum absolute atomic E-state index is 0.183. The van der Waals surface area contributed by atoms with Crippen molar-refractivity contribution in [3.05, 3.63) is 11.7 Å². The summed E-state index contributed by atoms with van der Waals surface area (Å²) in [6.45, 7) is 6.31. The van der Waals surface area contributed by atoms with Crippen LogP contribution in [0, 0.1) is 6.92 Å². The molecule has 1 saturated heterocycles. The van der Waals surface area contributed by atoms with Crippen molar-refractivity contribution in [2.24, 2.45) is 10.7 Å². The number of aliphatic imine (C=N–C) groups is 1. The Labute approximate surface area is 99.6 Å². The Morgan fingerprint density at radius 2 is 2.47 bits per heavy atom. The quantitative estimate of drug-likeness (QED) is 0.573. The second-order valence-electron chi connectivity index (χ2n) is 4.04. The summed E-state index contributed by atoms with van der Waals surface area (Å²) in [6, 6.07) is 0. The molecule has 1 aliphatic heterocycles. The lowest BCUT2D eigenvalue weighted by Crippen LogP contribution is -2.47. The van der Waals surface area contributed by atoms with E-state index in [9.17, 15) is 0 Å². The molecule has 1 aromatic heterocycles. The van der Waals surface area contributed by atoms with Crippen LogP contribution in [0.5, 0.6) is 0 Å². The minimum Gasteiger partial charge on any atom is -0.375 e. The first-order valence-corrected chi connectivity index (χ1v) is 5.61. The maximum absolute atomic E-state index is 5.90. The van der Waals surface area contributed by atoms with Gasteiger partial charge in [0.1, 0.15) is 6.54 Å². The van der Waals surface area contributed by atoms with Crippen LogP contribution in [0.4, 0.5) is 0 Å². The van der Waals surface area contributed by atoms with Crippen LogP contribution in [0.1, 0.15) is 18.6 Å². The van der Waals surface area contributed by atoms with Gasteiger partial charge in [-0.1, -0.05) is 5.16 Å². The highest BCUT2D eigenvalue weighted by Gasteiger charge is 2.18. The lowest BCUT2D eigenvalue weighted by molar-refractivity contribution is 0.00527. The van der Waals surface area contributed by atoms with Gasteiger partial charge in [0.15, 0.2) is 11.8 Å². The smallest absolute Gasteiger partial charge is 0.248 e. The van der Waals surface area contributed by atoms with Crippen LogP contribution in [0.3, 0.4) is 0 Å². The first kappa shape index (κ1) is 11.8. The molecule has 2 rings (SSSR count). The number of rotatable bonds is 2. The van der Waals surface area contributed by atoms with Gasteiger partial charge < -0.3 is 19.9 Å². The molecule has 2 N–H and O–H groups in total. The lowest BCUT2D eigenvalue weighted by atomic mass is 10.3. The van der Waals surface area contributed by atoms with E-state index in [0.29, 0.717) is 30.8 Å². The highest BCUT2D eigenvalue weighted by atomic mass is 16.5. The molecule has 1 unspecified atom stereocenters. The molecular formula is C10H17N5O2. The molecule has 7 heteroatoms. The van der Waals surface area contributed by atoms with Crippen molar-refractivity contribution in [3.63, 3.8) is 0 Å². The minimum atomic E-state index is 0.183. The van der Waals surface area contributed by atoms with Crippen LogP contribution >= 0.6 is 0 Å².